The Hall–Kier alpha value is -3.43. The Kier molecular flexibility index (Phi) is 5.85. The molecule has 1 aromatic carbocycles. The first kappa shape index (κ1) is 22.8. The van der Waals surface area contributed by atoms with Gasteiger partial charge in [0.15, 0.2) is 0 Å². The van der Waals surface area contributed by atoms with E-state index in [0.29, 0.717) is 36.2 Å². The molecule has 1 N–H and O–H groups in total. The van der Waals surface area contributed by atoms with Crippen LogP contribution >= 0.6 is 0 Å². The third-order valence-electron chi connectivity index (χ3n) is 5.39. The number of carbonyl (C=O) groups is 1. The summed E-state index contributed by atoms with van der Waals surface area (Å²) in [7, 11) is 0. The third-order valence-corrected chi connectivity index (χ3v) is 5.39. The largest absolute Gasteiger partial charge is 0.433 e. The number of hydrogen-bond donors (Lipinski definition) is 1. The molecule has 1 atom stereocenters. The molecule has 0 saturated heterocycles. The van der Waals surface area contributed by atoms with Crippen molar-refractivity contribution in [3.63, 3.8) is 0 Å². The van der Waals surface area contributed by atoms with Gasteiger partial charge in [-0.15, -0.1) is 0 Å². The third kappa shape index (κ3) is 4.99. The van der Waals surface area contributed by atoms with Gasteiger partial charge in [-0.25, -0.2) is 0 Å². The Balaban J connectivity index is 1.58. The molecular formula is C23H17F6N3O. The minimum Gasteiger partial charge on any atom is -0.345 e. The Morgan fingerprint density at radius 3 is 2.48 bits per heavy atom. The lowest BCUT2D eigenvalue weighted by molar-refractivity contribution is -0.141. The van der Waals surface area contributed by atoms with Crippen LogP contribution in [-0.2, 0) is 18.8 Å². The highest BCUT2D eigenvalue weighted by molar-refractivity contribution is 5.94. The fourth-order valence-electron chi connectivity index (χ4n) is 3.79. The van der Waals surface area contributed by atoms with Gasteiger partial charge in [-0.1, -0.05) is 12.1 Å². The molecule has 0 radical (unpaired) electrons. The van der Waals surface area contributed by atoms with Crippen LogP contribution in [0.15, 0.2) is 54.7 Å². The number of nitrogens with zero attached hydrogens (tertiary/aromatic N) is 2. The molecule has 0 fully saturated rings. The quantitative estimate of drug-likeness (QED) is 0.484. The number of hydrogen-bond acceptors (Lipinski definition) is 3. The smallest absolute Gasteiger partial charge is 0.345 e. The maximum absolute atomic E-state index is 13.0. The van der Waals surface area contributed by atoms with Crippen LogP contribution in [-0.4, -0.2) is 15.9 Å². The van der Waals surface area contributed by atoms with E-state index in [2.05, 4.69) is 15.3 Å². The molecule has 0 saturated carbocycles. The van der Waals surface area contributed by atoms with Crippen molar-refractivity contribution >= 4 is 5.91 Å². The highest BCUT2D eigenvalue weighted by Gasteiger charge is 2.33. The van der Waals surface area contributed by atoms with Crippen molar-refractivity contribution in [3.05, 3.63) is 82.8 Å². The van der Waals surface area contributed by atoms with Crippen molar-refractivity contribution in [2.75, 3.05) is 0 Å². The molecule has 2 heterocycles. The number of aromatic nitrogens is 2. The average Bonchev–Trinajstić information content (AvgIpc) is 2.78. The average molecular weight is 465 g/mol. The summed E-state index contributed by atoms with van der Waals surface area (Å²) in [5, 5.41) is 2.75. The Bertz CT molecular complexity index is 1190. The number of alkyl halides is 6. The van der Waals surface area contributed by atoms with Crippen molar-refractivity contribution < 1.29 is 31.1 Å². The Labute approximate surface area is 184 Å². The molecule has 4 rings (SSSR count). The van der Waals surface area contributed by atoms with Crippen LogP contribution in [0.5, 0.6) is 0 Å². The van der Waals surface area contributed by atoms with Crippen LogP contribution in [0.25, 0.3) is 11.3 Å². The van der Waals surface area contributed by atoms with Crippen LogP contribution in [0.3, 0.4) is 0 Å². The molecule has 172 valence electrons. The summed E-state index contributed by atoms with van der Waals surface area (Å²) in [6.45, 7) is 0. The fraction of sp³-hybridized carbons (Fsp3) is 0.261. The first-order valence-electron chi connectivity index (χ1n) is 10.0. The topological polar surface area (TPSA) is 54.9 Å². The summed E-state index contributed by atoms with van der Waals surface area (Å²) in [4.78, 5) is 20.4. The van der Waals surface area contributed by atoms with Crippen LogP contribution < -0.4 is 5.32 Å². The molecule has 4 nitrogen and oxygen atoms in total. The zero-order valence-corrected chi connectivity index (χ0v) is 17.0. The Morgan fingerprint density at radius 2 is 1.76 bits per heavy atom. The van der Waals surface area contributed by atoms with Gasteiger partial charge < -0.3 is 5.32 Å². The van der Waals surface area contributed by atoms with E-state index < -0.39 is 35.6 Å². The second kappa shape index (κ2) is 8.49. The van der Waals surface area contributed by atoms with E-state index in [0.717, 1.165) is 24.4 Å². The van der Waals surface area contributed by atoms with Gasteiger partial charge in [0.1, 0.15) is 5.69 Å². The summed E-state index contributed by atoms with van der Waals surface area (Å²) in [5.41, 5.74) is -0.138. The van der Waals surface area contributed by atoms with Crippen LogP contribution in [0, 0.1) is 0 Å². The molecule has 1 amide bonds. The number of nitrogens with one attached hydrogen (secondary N) is 1. The monoisotopic (exact) mass is 465 g/mol. The lowest BCUT2D eigenvalue weighted by atomic mass is 9.90. The summed E-state index contributed by atoms with van der Waals surface area (Å²) >= 11 is 0. The second-order valence-corrected chi connectivity index (χ2v) is 7.66. The molecular weight excluding hydrogens is 448 g/mol. The van der Waals surface area contributed by atoms with Crippen molar-refractivity contribution in [2.24, 2.45) is 0 Å². The molecule has 0 bridgehead atoms. The molecule has 0 aliphatic heterocycles. The normalized spacial score (nSPS) is 16.2. The lowest BCUT2D eigenvalue weighted by Gasteiger charge is -2.26. The fourth-order valence-corrected chi connectivity index (χ4v) is 3.79. The highest BCUT2D eigenvalue weighted by atomic mass is 19.4. The number of carbonyl (C=O) groups excluding carboxylic acids is 1. The van der Waals surface area contributed by atoms with E-state index in [9.17, 15) is 31.1 Å². The minimum absolute atomic E-state index is 0.113. The van der Waals surface area contributed by atoms with Crippen LogP contribution in [0.1, 0.15) is 51.8 Å². The summed E-state index contributed by atoms with van der Waals surface area (Å²) in [5.74, 6) is -0.646. The molecule has 33 heavy (non-hydrogen) atoms. The highest BCUT2D eigenvalue weighted by Crippen LogP contribution is 2.34. The van der Waals surface area contributed by atoms with Crippen molar-refractivity contribution in [2.45, 2.75) is 37.7 Å². The predicted octanol–water partition coefficient (Wildman–Crippen LogP) is 5.99. The number of halogens is 6. The second-order valence-electron chi connectivity index (χ2n) is 7.66. The van der Waals surface area contributed by atoms with Gasteiger partial charge in [-0.2, -0.15) is 26.3 Å². The van der Waals surface area contributed by atoms with Gasteiger partial charge in [0.2, 0.25) is 0 Å². The minimum atomic E-state index is -4.58. The number of pyridine rings is 2. The number of aryl methyl sites for hydroxylation is 1. The molecule has 1 unspecified atom stereocenters. The van der Waals surface area contributed by atoms with Crippen molar-refractivity contribution in [1.29, 1.82) is 0 Å². The number of fused-ring (bicyclic) bond motifs is 1. The standard InChI is InChI=1S/C23H17F6N3O/c24-22(25,26)15-4-1-3-14(11-15)21(33)32-19-6-2-5-18-16(19)7-8-17(31-18)13-9-10-30-20(12-13)23(27,28)29/h1,3-4,7-12,19H,2,5-6H2,(H,32,33). The van der Waals surface area contributed by atoms with E-state index in [-0.39, 0.29) is 11.1 Å². The maximum atomic E-state index is 13.0. The zero-order valence-electron chi connectivity index (χ0n) is 17.0. The van der Waals surface area contributed by atoms with Crippen molar-refractivity contribution in [1.82, 2.24) is 15.3 Å². The van der Waals surface area contributed by atoms with Gasteiger partial charge in [0.25, 0.3) is 5.91 Å². The van der Waals surface area contributed by atoms with Crippen molar-refractivity contribution in [3.8, 4) is 11.3 Å². The molecule has 10 heteroatoms. The predicted molar refractivity (Wildman–Crippen MR) is 107 cm³/mol. The number of rotatable bonds is 3. The van der Waals surface area contributed by atoms with Gasteiger partial charge in [-0.05, 0) is 61.2 Å². The molecule has 3 aromatic rings. The van der Waals surface area contributed by atoms with E-state index in [1.807, 2.05) is 0 Å². The van der Waals surface area contributed by atoms with Gasteiger partial charge in [0, 0.05) is 23.0 Å². The van der Waals surface area contributed by atoms with Crippen LogP contribution in [0.4, 0.5) is 26.3 Å². The summed E-state index contributed by atoms with van der Waals surface area (Å²) in [6, 6.07) is 9.28. The molecule has 1 aliphatic carbocycles. The van der Waals surface area contributed by atoms with E-state index in [1.165, 1.54) is 18.2 Å². The zero-order chi connectivity index (χ0) is 23.8. The Morgan fingerprint density at radius 1 is 0.970 bits per heavy atom. The van der Waals surface area contributed by atoms with E-state index >= 15 is 0 Å². The molecule has 2 aromatic heterocycles. The van der Waals surface area contributed by atoms with Crippen LogP contribution in [0.2, 0.25) is 0 Å². The van der Waals surface area contributed by atoms with E-state index in [1.54, 1.807) is 12.1 Å². The SMILES string of the molecule is O=C(NC1CCCc2nc(-c3ccnc(C(F)(F)F)c3)ccc21)c1cccc(C(F)(F)F)c1. The summed E-state index contributed by atoms with van der Waals surface area (Å²) in [6.07, 6.45) is -6.29. The van der Waals surface area contributed by atoms with E-state index in [4.69, 9.17) is 0 Å². The van der Waals surface area contributed by atoms with Gasteiger partial charge in [-0.3, -0.25) is 14.8 Å². The van der Waals surface area contributed by atoms with Gasteiger partial charge >= 0.3 is 12.4 Å². The molecule has 0 spiro atoms. The van der Waals surface area contributed by atoms with Gasteiger partial charge in [0.05, 0.1) is 17.3 Å². The molecule has 1 aliphatic rings. The summed E-state index contributed by atoms with van der Waals surface area (Å²) < 4.78 is 77.8. The number of amides is 1. The lowest BCUT2D eigenvalue weighted by Crippen LogP contribution is -2.31. The first-order valence-corrected chi connectivity index (χ1v) is 10.0. The number of benzene rings is 1. The first-order chi connectivity index (χ1) is 15.5. The maximum Gasteiger partial charge on any atom is 0.433 e.